The summed E-state index contributed by atoms with van der Waals surface area (Å²) in [5.41, 5.74) is 1.43. The SMILES string of the molecule is CCCC[P+](c1ccccc1)(c1ccccc1)c1ccccc1CCOC. The first-order valence-corrected chi connectivity index (χ1v) is 11.9. The number of hydrogen-bond donors (Lipinski definition) is 0. The normalized spacial score (nSPS) is 11.5. The molecule has 1 nitrogen and oxygen atoms in total. The fourth-order valence-electron chi connectivity index (χ4n) is 3.87. The van der Waals surface area contributed by atoms with Crippen LogP contribution in [-0.2, 0) is 11.2 Å². The third-order valence-corrected chi connectivity index (χ3v) is 9.82. The van der Waals surface area contributed by atoms with Crippen molar-refractivity contribution >= 4 is 23.2 Å². The maximum Gasteiger partial charge on any atom is 0.112 e. The van der Waals surface area contributed by atoms with Gasteiger partial charge in [-0.1, -0.05) is 67.9 Å². The topological polar surface area (TPSA) is 9.23 Å². The van der Waals surface area contributed by atoms with Gasteiger partial charge in [-0.3, -0.25) is 0 Å². The van der Waals surface area contributed by atoms with Crippen LogP contribution in [0.2, 0.25) is 0 Å². The highest BCUT2D eigenvalue weighted by atomic mass is 31.2. The molecule has 27 heavy (non-hydrogen) atoms. The Morgan fingerprint density at radius 3 is 1.85 bits per heavy atom. The van der Waals surface area contributed by atoms with Gasteiger partial charge in [-0.05, 0) is 48.7 Å². The van der Waals surface area contributed by atoms with E-state index in [1.165, 1.54) is 40.5 Å². The monoisotopic (exact) mass is 377 g/mol. The standard InChI is InChI=1S/C25H30OP/c1-3-4-21-27(23-14-7-5-8-15-23,24-16-9-6-10-17-24)25-18-12-11-13-22(25)19-20-26-2/h5-18H,3-4,19-21H2,1-2H3/q+1. The molecule has 3 aromatic carbocycles. The predicted molar refractivity (Wildman–Crippen MR) is 121 cm³/mol. The first kappa shape index (κ1) is 19.8. The maximum atomic E-state index is 5.42. The number of ether oxygens (including phenoxy) is 1. The Morgan fingerprint density at radius 2 is 1.30 bits per heavy atom. The second kappa shape index (κ2) is 9.83. The molecular weight excluding hydrogens is 347 g/mol. The molecule has 0 aromatic heterocycles. The zero-order valence-electron chi connectivity index (χ0n) is 16.5. The Bertz CT molecular complexity index is 774. The largest absolute Gasteiger partial charge is 0.384 e. The van der Waals surface area contributed by atoms with Gasteiger partial charge in [0.05, 0.1) is 12.8 Å². The van der Waals surface area contributed by atoms with Gasteiger partial charge in [0.25, 0.3) is 0 Å². The lowest BCUT2D eigenvalue weighted by atomic mass is 10.2. The summed E-state index contributed by atoms with van der Waals surface area (Å²) < 4.78 is 5.42. The summed E-state index contributed by atoms with van der Waals surface area (Å²) in [6.07, 6.45) is 4.61. The van der Waals surface area contributed by atoms with E-state index in [2.05, 4.69) is 91.9 Å². The summed E-state index contributed by atoms with van der Waals surface area (Å²) in [6, 6.07) is 31.4. The molecule has 0 bridgehead atoms. The molecule has 0 unspecified atom stereocenters. The van der Waals surface area contributed by atoms with Crippen molar-refractivity contribution in [3.05, 3.63) is 90.5 Å². The van der Waals surface area contributed by atoms with Crippen molar-refractivity contribution in [3.8, 4) is 0 Å². The minimum absolute atomic E-state index is 0.758. The summed E-state index contributed by atoms with van der Waals surface area (Å²) in [6.45, 7) is 3.05. The molecule has 0 heterocycles. The van der Waals surface area contributed by atoms with Crippen LogP contribution >= 0.6 is 7.26 Å². The minimum Gasteiger partial charge on any atom is -0.384 e. The van der Waals surface area contributed by atoms with Gasteiger partial charge in [-0.2, -0.15) is 0 Å². The van der Waals surface area contributed by atoms with E-state index in [-0.39, 0.29) is 0 Å². The van der Waals surface area contributed by atoms with Crippen LogP contribution in [0.5, 0.6) is 0 Å². The first-order chi connectivity index (χ1) is 13.3. The zero-order chi connectivity index (χ0) is 19.0. The summed E-state index contributed by atoms with van der Waals surface area (Å²) in [4.78, 5) is 0. The van der Waals surface area contributed by atoms with Crippen LogP contribution < -0.4 is 15.9 Å². The van der Waals surface area contributed by atoms with Crippen molar-refractivity contribution in [2.24, 2.45) is 0 Å². The molecule has 2 heteroatoms. The second-order valence-electron chi connectivity index (χ2n) is 6.93. The third kappa shape index (κ3) is 4.32. The molecule has 0 saturated carbocycles. The Morgan fingerprint density at radius 1 is 0.741 bits per heavy atom. The Labute approximate surface area is 164 Å². The van der Waals surface area contributed by atoms with Gasteiger partial charge < -0.3 is 4.74 Å². The third-order valence-electron chi connectivity index (χ3n) is 5.22. The number of hydrogen-bond acceptors (Lipinski definition) is 1. The minimum atomic E-state index is -1.70. The fraction of sp³-hybridized carbons (Fsp3) is 0.280. The van der Waals surface area contributed by atoms with Crippen LogP contribution in [-0.4, -0.2) is 19.9 Å². The average molecular weight is 377 g/mol. The number of benzene rings is 3. The Balaban J connectivity index is 2.27. The molecule has 0 atom stereocenters. The molecule has 0 saturated heterocycles. The zero-order valence-corrected chi connectivity index (χ0v) is 17.4. The van der Waals surface area contributed by atoms with Crippen molar-refractivity contribution in [2.75, 3.05) is 19.9 Å². The van der Waals surface area contributed by atoms with Gasteiger partial charge in [0.15, 0.2) is 0 Å². The van der Waals surface area contributed by atoms with Crippen molar-refractivity contribution in [1.29, 1.82) is 0 Å². The van der Waals surface area contributed by atoms with Gasteiger partial charge in [-0.25, -0.2) is 0 Å². The molecule has 0 aliphatic heterocycles. The van der Waals surface area contributed by atoms with Crippen molar-refractivity contribution in [2.45, 2.75) is 26.2 Å². The van der Waals surface area contributed by atoms with Gasteiger partial charge >= 0.3 is 0 Å². The average Bonchev–Trinajstić information content (AvgIpc) is 2.75. The van der Waals surface area contributed by atoms with E-state index in [0.717, 1.165) is 13.0 Å². The predicted octanol–water partition coefficient (Wildman–Crippen LogP) is 4.97. The summed E-state index contributed by atoms with van der Waals surface area (Å²) in [5, 5.41) is 4.48. The van der Waals surface area contributed by atoms with Crippen molar-refractivity contribution in [3.63, 3.8) is 0 Å². The van der Waals surface area contributed by atoms with Gasteiger partial charge in [0.2, 0.25) is 0 Å². The lowest BCUT2D eigenvalue weighted by Crippen LogP contribution is -2.35. The quantitative estimate of drug-likeness (QED) is 0.479. The summed E-state index contributed by atoms with van der Waals surface area (Å²) in [5.74, 6) is 0. The molecule has 0 radical (unpaired) electrons. The summed E-state index contributed by atoms with van der Waals surface area (Å²) >= 11 is 0. The van der Waals surface area contributed by atoms with E-state index in [9.17, 15) is 0 Å². The van der Waals surface area contributed by atoms with E-state index in [1.807, 2.05) is 0 Å². The fourth-order valence-corrected chi connectivity index (χ4v) is 8.65. The van der Waals surface area contributed by atoms with Crippen molar-refractivity contribution in [1.82, 2.24) is 0 Å². The molecule has 0 fully saturated rings. The molecule has 140 valence electrons. The molecule has 0 amide bonds. The number of methoxy groups -OCH3 is 1. The van der Waals surface area contributed by atoms with E-state index in [4.69, 9.17) is 4.74 Å². The van der Waals surface area contributed by atoms with Crippen LogP contribution in [0, 0.1) is 0 Å². The Hall–Kier alpha value is -1.95. The molecule has 3 aromatic rings. The lowest BCUT2D eigenvalue weighted by Gasteiger charge is -2.29. The van der Waals surface area contributed by atoms with Crippen LogP contribution in [0.4, 0.5) is 0 Å². The molecule has 3 rings (SSSR count). The van der Waals surface area contributed by atoms with Crippen LogP contribution in [0.3, 0.4) is 0 Å². The van der Waals surface area contributed by atoms with Crippen LogP contribution in [0.1, 0.15) is 25.3 Å². The highest BCUT2D eigenvalue weighted by Gasteiger charge is 2.45. The first-order valence-electron chi connectivity index (χ1n) is 9.89. The van der Waals surface area contributed by atoms with Gasteiger partial charge in [0, 0.05) is 7.11 Å². The van der Waals surface area contributed by atoms with E-state index in [0.29, 0.717) is 0 Å². The highest BCUT2D eigenvalue weighted by Crippen LogP contribution is 2.56. The number of unbranched alkanes of at least 4 members (excludes halogenated alkanes) is 1. The molecule has 0 aliphatic carbocycles. The van der Waals surface area contributed by atoms with E-state index in [1.54, 1.807) is 7.11 Å². The molecule has 0 spiro atoms. The van der Waals surface area contributed by atoms with Crippen LogP contribution in [0.25, 0.3) is 0 Å². The van der Waals surface area contributed by atoms with Gasteiger partial charge in [-0.15, -0.1) is 0 Å². The highest BCUT2D eigenvalue weighted by molar-refractivity contribution is 7.95. The van der Waals surface area contributed by atoms with Crippen molar-refractivity contribution < 1.29 is 4.74 Å². The molecular formula is C25H30OP+. The van der Waals surface area contributed by atoms with Crippen LogP contribution in [0.15, 0.2) is 84.9 Å². The van der Waals surface area contributed by atoms with E-state index >= 15 is 0 Å². The molecule has 0 N–H and O–H groups in total. The lowest BCUT2D eigenvalue weighted by molar-refractivity contribution is 0.202. The Kier molecular flexibility index (Phi) is 7.21. The van der Waals surface area contributed by atoms with Gasteiger partial charge in [0.1, 0.15) is 23.2 Å². The van der Waals surface area contributed by atoms with E-state index < -0.39 is 7.26 Å². The molecule has 0 aliphatic rings. The maximum absolute atomic E-state index is 5.42. The number of rotatable bonds is 9. The smallest absolute Gasteiger partial charge is 0.112 e. The summed E-state index contributed by atoms with van der Waals surface area (Å²) in [7, 11) is 0.0850. The second-order valence-corrected chi connectivity index (χ2v) is 10.5.